The van der Waals surface area contributed by atoms with Crippen molar-refractivity contribution < 1.29 is 18.0 Å². The molecule has 1 saturated heterocycles. The van der Waals surface area contributed by atoms with E-state index in [1.54, 1.807) is 0 Å². The summed E-state index contributed by atoms with van der Waals surface area (Å²) >= 11 is 1.47. The lowest BCUT2D eigenvalue weighted by atomic mass is 10.1. The second-order valence-electron chi connectivity index (χ2n) is 5.38. The fourth-order valence-electron chi connectivity index (χ4n) is 2.74. The Hall–Kier alpha value is -1.08. The van der Waals surface area contributed by atoms with E-state index >= 15 is 0 Å². The summed E-state index contributed by atoms with van der Waals surface area (Å²) in [7, 11) is 0. The van der Waals surface area contributed by atoms with Gasteiger partial charge in [0, 0.05) is 6.04 Å². The van der Waals surface area contributed by atoms with Crippen molar-refractivity contribution in [2.45, 2.75) is 57.5 Å². The van der Waals surface area contributed by atoms with Crippen LogP contribution in [0.15, 0.2) is 16.8 Å². The van der Waals surface area contributed by atoms with Gasteiger partial charge in [-0.15, -0.1) is 0 Å². The van der Waals surface area contributed by atoms with Crippen molar-refractivity contribution in [1.82, 2.24) is 10.2 Å². The molecule has 0 bridgehead atoms. The topological polar surface area (TPSA) is 32.3 Å². The largest absolute Gasteiger partial charge is 0.391 e. The van der Waals surface area contributed by atoms with Crippen LogP contribution in [0.5, 0.6) is 0 Å². The third-order valence-electron chi connectivity index (χ3n) is 3.63. The molecule has 2 rings (SSSR count). The minimum absolute atomic E-state index is 0.232. The van der Waals surface area contributed by atoms with Crippen molar-refractivity contribution in [1.29, 1.82) is 0 Å². The molecule has 0 aliphatic carbocycles. The molecule has 1 aliphatic heterocycles. The molecule has 1 N–H and O–H groups in total. The number of hydrogen-bond acceptors (Lipinski definition) is 3. The molecule has 0 spiro atoms. The highest BCUT2D eigenvalue weighted by Gasteiger charge is 2.44. The first-order valence-electron chi connectivity index (χ1n) is 7.00. The van der Waals surface area contributed by atoms with Crippen molar-refractivity contribution in [3.8, 4) is 0 Å². The van der Waals surface area contributed by atoms with Crippen LogP contribution in [0.4, 0.5) is 13.2 Å². The van der Waals surface area contributed by atoms with E-state index in [1.165, 1.54) is 23.2 Å². The first-order chi connectivity index (χ1) is 9.83. The molecule has 1 aromatic rings. The maximum absolute atomic E-state index is 12.6. The summed E-state index contributed by atoms with van der Waals surface area (Å²) in [6.07, 6.45) is -4.28. The third kappa shape index (κ3) is 3.77. The van der Waals surface area contributed by atoms with E-state index in [2.05, 4.69) is 5.32 Å². The van der Waals surface area contributed by atoms with Gasteiger partial charge in [-0.3, -0.25) is 10.1 Å². The molecule has 2 heterocycles. The predicted molar refractivity (Wildman–Crippen MR) is 75.9 cm³/mol. The molecular formula is C14H19F3N2OS. The van der Waals surface area contributed by atoms with Crippen LogP contribution in [0, 0.1) is 0 Å². The molecule has 118 valence electrons. The molecule has 3 unspecified atom stereocenters. The molecule has 7 heteroatoms. The molecule has 1 fully saturated rings. The van der Waals surface area contributed by atoms with Crippen molar-refractivity contribution in [3.05, 3.63) is 22.4 Å². The number of hydrogen-bond donors (Lipinski definition) is 1. The first kappa shape index (κ1) is 16.3. The number of thiophene rings is 1. The zero-order valence-corrected chi connectivity index (χ0v) is 12.8. The second-order valence-corrected chi connectivity index (χ2v) is 6.16. The van der Waals surface area contributed by atoms with Gasteiger partial charge in [-0.1, -0.05) is 13.3 Å². The van der Waals surface area contributed by atoms with Gasteiger partial charge in [0.1, 0.15) is 6.17 Å². The van der Waals surface area contributed by atoms with E-state index in [0.29, 0.717) is 6.42 Å². The van der Waals surface area contributed by atoms with Crippen LogP contribution in [0.1, 0.15) is 44.8 Å². The van der Waals surface area contributed by atoms with Gasteiger partial charge in [0.05, 0.1) is 12.5 Å². The Morgan fingerprint density at radius 2 is 2.19 bits per heavy atom. The van der Waals surface area contributed by atoms with Crippen molar-refractivity contribution in [2.75, 3.05) is 0 Å². The molecule has 1 aliphatic rings. The highest BCUT2D eigenvalue weighted by Crippen LogP contribution is 2.34. The van der Waals surface area contributed by atoms with Crippen LogP contribution in [0.3, 0.4) is 0 Å². The molecule has 3 nitrogen and oxygen atoms in total. The highest BCUT2D eigenvalue weighted by molar-refractivity contribution is 7.07. The monoisotopic (exact) mass is 320 g/mol. The van der Waals surface area contributed by atoms with Crippen molar-refractivity contribution >= 4 is 17.2 Å². The molecule has 0 saturated carbocycles. The lowest BCUT2D eigenvalue weighted by Crippen LogP contribution is -2.40. The fourth-order valence-corrected chi connectivity index (χ4v) is 3.42. The minimum atomic E-state index is -4.28. The summed E-state index contributed by atoms with van der Waals surface area (Å²) in [5, 5.41) is 6.91. The van der Waals surface area contributed by atoms with Crippen LogP contribution in [0.2, 0.25) is 0 Å². The molecule has 3 atom stereocenters. The van der Waals surface area contributed by atoms with Crippen LogP contribution in [-0.2, 0) is 4.79 Å². The highest BCUT2D eigenvalue weighted by atomic mass is 32.1. The second kappa shape index (κ2) is 6.36. The van der Waals surface area contributed by atoms with E-state index in [9.17, 15) is 18.0 Å². The molecule has 1 aromatic heterocycles. The molecule has 0 aromatic carbocycles. The number of carbonyl (C=O) groups excluding carboxylic acids is 1. The number of rotatable bonds is 5. The summed E-state index contributed by atoms with van der Waals surface area (Å²) in [5.74, 6) is -0.232. The van der Waals surface area contributed by atoms with E-state index in [0.717, 1.165) is 12.0 Å². The normalized spacial score (nSPS) is 24.6. The Morgan fingerprint density at radius 3 is 2.71 bits per heavy atom. The summed E-state index contributed by atoms with van der Waals surface area (Å²) in [5.41, 5.74) is 0.848. The SMILES string of the molecule is CCCC1NC(c2ccsc2)N(C(C)CC(F)(F)F)C1=O. The Balaban J connectivity index is 2.22. The minimum Gasteiger partial charge on any atom is -0.318 e. The van der Waals surface area contributed by atoms with E-state index < -0.39 is 30.8 Å². The van der Waals surface area contributed by atoms with Crippen LogP contribution in [0.25, 0.3) is 0 Å². The number of nitrogens with one attached hydrogen (secondary N) is 1. The number of halogens is 3. The van der Waals surface area contributed by atoms with Crippen LogP contribution in [-0.4, -0.2) is 29.1 Å². The van der Waals surface area contributed by atoms with Gasteiger partial charge in [-0.05, 0) is 35.7 Å². The molecule has 21 heavy (non-hydrogen) atoms. The Morgan fingerprint density at radius 1 is 1.48 bits per heavy atom. The zero-order valence-electron chi connectivity index (χ0n) is 12.0. The first-order valence-corrected chi connectivity index (χ1v) is 7.95. The molecule has 0 radical (unpaired) electrons. The summed E-state index contributed by atoms with van der Waals surface area (Å²) in [4.78, 5) is 13.8. The van der Waals surface area contributed by atoms with Gasteiger partial charge in [0.15, 0.2) is 0 Å². The lowest BCUT2D eigenvalue weighted by molar-refractivity contribution is -0.153. The van der Waals surface area contributed by atoms with Gasteiger partial charge >= 0.3 is 6.18 Å². The Labute approximate surface area is 126 Å². The van der Waals surface area contributed by atoms with E-state index in [4.69, 9.17) is 0 Å². The zero-order chi connectivity index (χ0) is 15.6. The van der Waals surface area contributed by atoms with Crippen molar-refractivity contribution in [3.63, 3.8) is 0 Å². The van der Waals surface area contributed by atoms with Gasteiger partial charge in [-0.25, -0.2) is 0 Å². The molecule has 1 amide bonds. The fraction of sp³-hybridized carbons (Fsp3) is 0.643. The third-order valence-corrected chi connectivity index (χ3v) is 4.33. The van der Waals surface area contributed by atoms with Crippen LogP contribution >= 0.6 is 11.3 Å². The lowest BCUT2D eigenvalue weighted by Gasteiger charge is -2.30. The van der Waals surface area contributed by atoms with Gasteiger partial charge < -0.3 is 4.90 Å². The number of carbonyl (C=O) groups is 1. The summed E-state index contributed by atoms with van der Waals surface area (Å²) in [6.45, 7) is 3.41. The van der Waals surface area contributed by atoms with Crippen molar-refractivity contribution in [2.24, 2.45) is 0 Å². The standard InChI is InChI=1S/C14H19F3N2OS/c1-3-4-11-13(20)19(9(2)7-14(15,16)17)12(18-11)10-5-6-21-8-10/h5-6,8-9,11-12,18H,3-4,7H2,1-2H3. The van der Waals surface area contributed by atoms with Gasteiger partial charge in [0.25, 0.3) is 0 Å². The maximum atomic E-state index is 12.6. The van der Waals surface area contributed by atoms with Gasteiger partial charge in [0.2, 0.25) is 5.91 Å². The van der Waals surface area contributed by atoms with E-state index in [1.807, 2.05) is 23.8 Å². The van der Waals surface area contributed by atoms with Crippen LogP contribution < -0.4 is 5.32 Å². The Kier molecular flexibility index (Phi) is 4.93. The van der Waals surface area contributed by atoms with E-state index in [-0.39, 0.29) is 5.91 Å². The average molecular weight is 320 g/mol. The average Bonchev–Trinajstić information content (AvgIpc) is 2.96. The maximum Gasteiger partial charge on any atom is 0.391 e. The predicted octanol–water partition coefficient (Wildman–Crippen LogP) is 3.69. The quantitative estimate of drug-likeness (QED) is 0.897. The summed E-state index contributed by atoms with van der Waals surface area (Å²) < 4.78 is 37.9. The number of nitrogens with zero attached hydrogens (tertiary/aromatic N) is 1. The number of alkyl halides is 3. The summed E-state index contributed by atoms with van der Waals surface area (Å²) in [6, 6.07) is 0.574. The Bertz CT molecular complexity index is 475. The smallest absolute Gasteiger partial charge is 0.318 e. The number of amides is 1. The molecular weight excluding hydrogens is 301 g/mol. The van der Waals surface area contributed by atoms with Gasteiger partial charge in [-0.2, -0.15) is 24.5 Å².